The predicted molar refractivity (Wildman–Crippen MR) is 148 cm³/mol. The number of aliphatic hydroxyl groups excluding tert-OH is 1. The van der Waals surface area contributed by atoms with E-state index in [0.29, 0.717) is 34.7 Å². The van der Waals surface area contributed by atoms with Crippen LogP contribution in [0.3, 0.4) is 0 Å². The molecule has 6 rings (SSSR count). The van der Waals surface area contributed by atoms with Crippen LogP contribution in [0.1, 0.15) is 35.9 Å². The van der Waals surface area contributed by atoms with Crippen LogP contribution in [0.4, 0.5) is 4.39 Å². The highest BCUT2D eigenvalue weighted by Gasteiger charge is 2.31. The number of hydrogen-bond donors (Lipinski definition) is 2. The van der Waals surface area contributed by atoms with Crippen LogP contribution < -0.4 is 14.8 Å². The normalized spacial score (nSPS) is 19.6. The van der Waals surface area contributed by atoms with E-state index in [1.165, 1.54) is 17.8 Å². The van der Waals surface area contributed by atoms with E-state index >= 15 is 0 Å². The van der Waals surface area contributed by atoms with Gasteiger partial charge in [0, 0.05) is 49.6 Å². The molecule has 12 heteroatoms. The molecular weight excluding hydrogens is 527 g/mol. The van der Waals surface area contributed by atoms with Crippen molar-refractivity contribution in [2.75, 3.05) is 33.4 Å². The number of nitrogens with zero attached hydrogens (tertiary/aromatic N) is 7. The molecule has 0 unspecified atom stereocenters. The number of aliphatic hydroxyl groups is 1. The molecule has 4 aromatic rings. The van der Waals surface area contributed by atoms with Crippen molar-refractivity contribution in [1.29, 1.82) is 5.26 Å². The van der Waals surface area contributed by atoms with Gasteiger partial charge in [-0.05, 0) is 49.4 Å². The molecule has 5 heterocycles. The minimum Gasteiger partial charge on any atom is -0.493 e. The second-order valence-corrected chi connectivity index (χ2v) is 10.8. The van der Waals surface area contributed by atoms with Crippen molar-refractivity contribution < 1.29 is 19.0 Å². The number of nitrogens with one attached hydrogen (secondary N) is 1. The first-order valence-corrected chi connectivity index (χ1v) is 13.8. The van der Waals surface area contributed by atoms with E-state index < -0.39 is 11.9 Å². The number of fused-ring (bicyclic) bond motifs is 2. The minimum absolute atomic E-state index is 0.331. The first-order valence-electron chi connectivity index (χ1n) is 13.8. The van der Waals surface area contributed by atoms with Crippen LogP contribution in [0.25, 0.3) is 16.8 Å². The predicted octanol–water partition coefficient (Wildman–Crippen LogP) is 2.87. The van der Waals surface area contributed by atoms with Gasteiger partial charge in [-0.3, -0.25) is 9.67 Å². The molecule has 1 aliphatic heterocycles. The maximum atomic E-state index is 13.5. The highest BCUT2D eigenvalue weighted by atomic mass is 19.1. The number of hydrogen-bond acceptors (Lipinski definition) is 9. The largest absolute Gasteiger partial charge is 0.493 e. The molecule has 1 saturated carbocycles. The highest BCUT2D eigenvalue weighted by Crippen LogP contribution is 2.37. The molecule has 0 aromatic carbocycles. The Labute approximate surface area is 237 Å². The Morgan fingerprint density at radius 1 is 1.22 bits per heavy atom. The van der Waals surface area contributed by atoms with Crippen LogP contribution in [0.15, 0.2) is 36.8 Å². The van der Waals surface area contributed by atoms with Gasteiger partial charge in [0.25, 0.3) is 0 Å². The molecule has 11 nitrogen and oxygen atoms in total. The van der Waals surface area contributed by atoms with Gasteiger partial charge in [-0.25, -0.2) is 8.91 Å². The van der Waals surface area contributed by atoms with Crippen LogP contribution in [0.5, 0.6) is 11.5 Å². The lowest BCUT2D eigenvalue weighted by atomic mass is 9.80. The number of rotatable bonds is 9. The van der Waals surface area contributed by atoms with E-state index in [1.807, 2.05) is 12.3 Å². The summed E-state index contributed by atoms with van der Waals surface area (Å²) in [4.78, 5) is 6.61. The van der Waals surface area contributed by atoms with E-state index in [1.54, 1.807) is 17.8 Å². The number of halogens is 1. The summed E-state index contributed by atoms with van der Waals surface area (Å²) in [5.74, 6) is 1.14. The van der Waals surface area contributed by atoms with E-state index in [2.05, 4.69) is 38.1 Å². The molecule has 0 spiro atoms. The first kappa shape index (κ1) is 27.0. The van der Waals surface area contributed by atoms with Gasteiger partial charge in [0.15, 0.2) is 29.3 Å². The lowest BCUT2D eigenvalue weighted by Gasteiger charge is -2.37. The summed E-state index contributed by atoms with van der Waals surface area (Å²) < 4.78 is 29.1. The summed E-state index contributed by atoms with van der Waals surface area (Å²) in [6, 6.07) is 5.00. The summed E-state index contributed by atoms with van der Waals surface area (Å²) in [5.41, 5.74) is 5.00. The number of pyridine rings is 2. The smallest absolute Gasteiger partial charge is 0.176 e. The fraction of sp³-hybridized carbons (Fsp3) is 0.448. The third-order valence-corrected chi connectivity index (χ3v) is 8.19. The van der Waals surface area contributed by atoms with Gasteiger partial charge in [0.1, 0.15) is 5.82 Å². The average Bonchev–Trinajstić information content (AvgIpc) is 3.45. The molecule has 0 radical (unpaired) electrons. The molecule has 4 aromatic heterocycles. The Kier molecular flexibility index (Phi) is 7.47. The Morgan fingerprint density at radius 3 is 2.80 bits per heavy atom. The van der Waals surface area contributed by atoms with Gasteiger partial charge >= 0.3 is 0 Å². The zero-order valence-electron chi connectivity index (χ0n) is 23.1. The minimum atomic E-state index is -0.818. The Hall–Kier alpha value is -4.21. The molecule has 0 bridgehead atoms. The Bertz CT molecular complexity index is 1570. The second-order valence-electron chi connectivity index (χ2n) is 10.8. The van der Waals surface area contributed by atoms with Crippen molar-refractivity contribution in [1.82, 2.24) is 34.6 Å². The topological polar surface area (TPSA) is 126 Å². The molecule has 1 atom stereocenters. The molecule has 2 N–H and O–H groups in total. The van der Waals surface area contributed by atoms with Gasteiger partial charge in [-0.1, -0.05) is 0 Å². The monoisotopic (exact) mass is 560 g/mol. The second kappa shape index (κ2) is 11.3. The van der Waals surface area contributed by atoms with Crippen molar-refractivity contribution in [3.05, 3.63) is 59.6 Å². The standard InChI is InChI=1S/C29H33FN8O3/c1-18-24-5-6-36(14-19-9-22(10-19)33-17-31)7-8-37(24)35-28(18)20-11-25(29-26(40-2)13-34-38(29)15-20)41-27(16-39)23-4-3-21(30)12-32-23/h3-4,11-13,15,19,22,27,33,39H,5-10,14,16H2,1-2H3/t19?,22?,27-/m1/s1. The van der Waals surface area contributed by atoms with Gasteiger partial charge in [0.05, 0.1) is 44.0 Å². The SMILES string of the molecule is COc1cnn2cc(-c3nn4c(c3C)CCN(CC3CC(NC#N)C3)CC4)cc(O[C@H](CO)c3ccc(F)cn3)c12. The van der Waals surface area contributed by atoms with Gasteiger partial charge in [0.2, 0.25) is 0 Å². The summed E-state index contributed by atoms with van der Waals surface area (Å²) in [6.07, 6.45) is 8.86. The van der Waals surface area contributed by atoms with Crippen molar-refractivity contribution in [3.63, 3.8) is 0 Å². The van der Waals surface area contributed by atoms with E-state index in [-0.39, 0.29) is 6.61 Å². The molecule has 1 aliphatic carbocycles. The van der Waals surface area contributed by atoms with Crippen LogP contribution in [0.2, 0.25) is 0 Å². The van der Waals surface area contributed by atoms with Gasteiger partial charge < -0.3 is 24.8 Å². The Balaban J connectivity index is 1.26. The zero-order valence-corrected chi connectivity index (χ0v) is 23.1. The van der Waals surface area contributed by atoms with Crippen LogP contribution in [-0.2, 0) is 13.0 Å². The van der Waals surface area contributed by atoms with E-state index in [9.17, 15) is 9.50 Å². The number of nitriles is 1. The highest BCUT2D eigenvalue weighted by molar-refractivity contribution is 5.75. The molecule has 0 saturated heterocycles. The van der Waals surface area contributed by atoms with E-state index in [4.69, 9.17) is 19.8 Å². The van der Waals surface area contributed by atoms with Crippen LogP contribution in [0, 0.1) is 30.1 Å². The van der Waals surface area contributed by atoms with Crippen LogP contribution >= 0.6 is 0 Å². The van der Waals surface area contributed by atoms with E-state index in [0.717, 1.165) is 68.5 Å². The van der Waals surface area contributed by atoms with Gasteiger partial charge in [-0.2, -0.15) is 15.5 Å². The first-order chi connectivity index (χ1) is 20.0. The van der Waals surface area contributed by atoms with Gasteiger partial charge in [-0.15, -0.1) is 0 Å². The number of methoxy groups -OCH3 is 1. The fourth-order valence-corrected chi connectivity index (χ4v) is 5.96. The summed E-state index contributed by atoms with van der Waals surface area (Å²) in [5, 5.41) is 31.3. The molecule has 0 amide bonds. The fourth-order valence-electron chi connectivity index (χ4n) is 5.96. The van der Waals surface area contributed by atoms with Crippen molar-refractivity contribution in [2.45, 2.75) is 44.9 Å². The molecule has 41 heavy (non-hydrogen) atoms. The molecule has 1 fully saturated rings. The Morgan fingerprint density at radius 2 is 2.07 bits per heavy atom. The third-order valence-electron chi connectivity index (χ3n) is 8.19. The molecule has 2 aliphatic rings. The quantitative estimate of drug-likeness (QED) is 0.235. The lowest BCUT2D eigenvalue weighted by Crippen LogP contribution is -2.44. The maximum Gasteiger partial charge on any atom is 0.176 e. The summed E-state index contributed by atoms with van der Waals surface area (Å²) in [6.45, 7) is 5.48. The van der Waals surface area contributed by atoms with Crippen molar-refractivity contribution in [3.8, 4) is 28.9 Å². The molecular formula is C29H33FN8O3. The zero-order chi connectivity index (χ0) is 28.5. The summed E-state index contributed by atoms with van der Waals surface area (Å²) >= 11 is 0. The number of aromatic nitrogens is 5. The average molecular weight is 561 g/mol. The third kappa shape index (κ3) is 5.30. The summed E-state index contributed by atoms with van der Waals surface area (Å²) in [7, 11) is 1.56. The lowest BCUT2D eigenvalue weighted by molar-refractivity contribution is 0.114. The van der Waals surface area contributed by atoms with Crippen molar-refractivity contribution in [2.24, 2.45) is 5.92 Å². The maximum absolute atomic E-state index is 13.5. The van der Waals surface area contributed by atoms with Crippen LogP contribution in [-0.4, -0.2) is 73.8 Å². The number of ether oxygens (including phenoxy) is 2. The van der Waals surface area contributed by atoms with Crippen molar-refractivity contribution >= 4 is 5.52 Å². The molecule has 214 valence electrons.